The minimum absolute atomic E-state index is 0.124. The van der Waals surface area contributed by atoms with E-state index in [9.17, 15) is 14.4 Å². The molecule has 1 atom stereocenters. The van der Waals surface area contributed by atoms with E-state index in [1.807, 2.05) is 4.90 Å². The molecule has 0 unspecified atom stereocenters. The van der Waals surface area contributed by atoms with Crippen molar-refractivity contribution in [2.45, 2.75) is 142 Å². The fourth-order valence-electron chi connectivity index (χ4n) is 5.56. The summed E-state index contributed by atoms with van der Waals surface area (Å²) in [5, 5.41) is 12.4. The number of likely N-dealkylation sites (N-methyl/N-ethyl adjacent to an activating group) is 1. The van der Waals surface area contributed by atoms with Gasteiger partial charge in [0.15, 0.2) is 0 Å². The summed E-state index contributed by atoms with van der Waals surface area (Å²) in [6.45, 7) is 10.1. The number of carbonyl (C=O) groups is 3. The van der Waals surface area contributed by atoms with Crippen LogP contribution in [0, 0.1) is 5.92 Å². The molecule has 1 heterocycles. The van der Waals surface area contributed by atoms with E-state index in [1.165, 1.54) is 84.0 Å². The Morgan fingerprint density at radius 3 is 2.07 bits per heavy atom. The van der Waals surface area contributed by atoms with Crippen LogP contribution in [0.5, 0.6) is 0 Å². The number of rotatable bonds is 26. The summed E-state index contributed by atoms with van der Waals surface area (Å²) in [7, 11) is 1.74. The molecule has 1 fully saturated rings. The van der Waals surface area contributed by atoms with E-state index in [2.05, 4.69) is 34.6 Å². The van der Waals surface area contributed by atoms with Crippen molar-refractivity contribution in [1.82, 2.24) is 20.9 Å². The number of oxime groups is 1. The van der Waals surface area contributed by atoms with Gasteiger partial charge in [0.2, 0.25) is 17.7 Å². The molecule has 0 spiro atoms. The predicted molar refractivity (Wildman–Crippen MR) is 177 cm³/mol. The van der Waals surface area contributed by atoms with Crippen molar-refractivity contribution in [3.63, 3.8) is 0 Å². The molecule has 9 nitrogen and oxygen atoms in total. The summed E-state index contributed by atoms with van der Waals surface area (Å²) in [4.78, 5) is 43.5. The molecule has 0 radical (unpaired) electrons. The monoisotopic (exact) mass is 605 g/mol. The van der Waals surface area contributed by atoms with Crippen molar-refractivity contribution in [3.8, 4) is 0 Å². The van der Waals surface area contributed by atoms with E-state index in [0.717, 1.165) is 38.8 Å². The Bertz CT molecular complexity index is 796. The van der Waals surface area contributed by atoms with Gasteiger partial charge in [0, 0.05) is 45.6 Å². The SMILES string of the molecule is C=C(NC)[C@H](CCC(=O)NC/C=N/OCCC1CCN(C(=O)CCCCCCCCCCCCCCC)CC1)NC(C)=O. The molecule has 0 aromatic heterocycles. The first-order chi connectivity index (χ1) is 20.9. The lowest BCUT2D eigenvalue weighted by Gasteiger charge is -2.32. The lowest BCUT2D eigenvalue weighted by atomic mass is 9.93. The van der Waals surface area contributed by atoms with Crippen molar-refractivity contribution < 1.29 is 19.2 Å². The Hall–Kier alpha value is -2.58. The van der Waals surface area contributed by atoms with Gasteiger partial charge in [0.05, 0.1) is 18.8 Å². The summed E-state index contributed by atoms with van der Waals surface area (Å²) >= 11 is 0. The van der Waals surface area contributed by atoms with Crippen LogP contribution >= 0.6 is 0 Å². The molecular weight excluding hydrogens is 542 g/mol. The first-order valence-corrected chi connectivity index (χ1v) is 17.2. The Morgan fingerprint density at radius 1 is 0.930 bits per heavy atom. The first-order valence-electron chi connectivity index (χ1n) is 17.2. The number of amides is 3. The van der Waals surface area contributed by atoms with Gasteiger partial charge in [-0.15, -0.1) is 0 Å². The van der Waals surface area contributed by atoms with Crippen LogP contribution in [0.4, 0.5) is 0 Å². The highest BCUT2D eigenvalue weighted by Gasteiger charge is 2.22. The molecule has 1 rings (SSSR count). The second-order valence-electron chi connectivity index (χ2n) is 12.1. The molecule has 9 heteroatoms. The maximum absolute atomic E-state index is 12.6. The molecule has 43 heavy (non-hydrogen) atoms. The number of carbonyl (C=O) groups excluding carboxylic acids is 3. The molecule has 3 N–H and O–H groups in total. The van der Waals surface area contributed by atoms with Gasteiger partial charge in [0.25, 0.3) is 0 Å². The summed E-state index contributed by atoms with van der Waals surface area (Å²) in [5.74, 6) is 0.590. The van der Waals surface area contributed by atoms with Crippen molar-refractivity contribution in [3.05, 3.63) is 12.3 Å². The zero-order chi connectivity index (χ0) is 31.5. The third-order valence-corrected chi connectivity index (χ3v) is 8.40. The van der Waals surface area contributed by atoms with Crippen LogP contribution in [0.15, 0.2) is 17.4 Å². The van der Waals surface area contributed by atoms with Gasteiger partial charge < -0.3 is 25.7 Å². The molecule has 248 valence electrons. The molecule has 0 aromatic carbocycles. The summed E-state index contributed by atoms with van der Waals surface area (Å²) in [6.07, 6.45) is 23.1. The Morgan fingerprint density at radius 2 is 1.51 bits per heavy atom. The van der Waals surface area contributed by atoms with Gasteiger partial charge in [-0.3, -0.25) is 14.4 Å². The minimum atomic E-state index is -0.292. The molecule has 3 amide bonds. The van der Waals surface area contributed by atoms with Crippen molar-refractivity contribution >= 4 is 23.9 Å². The van der Waals surface area contributed by atoms with Gasteiger partial charge in [-0.05, 0) is 38.0 Å². The van der Waals surface area contributed by atoms with E-state index < -0.39 is 0 Å². The Labute approximate surface area is 262 Å². The number of hydrogen-bond acceptors (Lipinski definition) is 6. The zero-order valence-electron chi connectivity index (χ0n) is 27.7. The maximum atomic E-state index is 12.6. The van der Waals surface area contributed by atoms with Gasteiger partial charge in [0.1, 0.15) is 6.61 Å². The molecule has 1 aliphatic heterocycles. The Kier molecular flexibility index (Phi) is 23.1. The van der Waals surface area contributed by atoms with Crippen LogP contribution < -0.4 is 16.0 Å². The number of piperidine rings is 1. The van der Waals surface area contributed by atoms with E-state index in [4.69, 9.17) is 4.84 Å². The summed E-state index contributed by atoms with van der Waals surface area (Å²) < 4.78 is 0. The fraction of sp³-hybridized carbons (Fsp3) is 0.824. The number of hydrogen-bond donors (Lipinski definition) is 3. The maximum Gasteiger partial charge on any atom is 0.222 e. The second-order valence-corrected chi connectivity index (χ2v) is 12.1. The average Bonchev–Trinajstić information content (AvgIpc) is 3.00. The highest BCUT2D eigenvalue weighted by Crippen LogP contribution is 2.21. The minimum Gasteiger partial charge on any atom is -0.396 e. The fourth-order valence-corrected chi connectivity index (χ4v) is 5.56. The highest BCUT2D eigenvalue weighted by atomic mass is 16.6. The van der Waals surface area contributed by atoms with Crippen LogP contribution in [0.1, 0.15) is 136 Å². The largest absolute Gasteiger partial charge is 0.396 e. The van der Waals surface area contributed by atoms with E-state index in [1.54, 1.807) is 13.3 Å². The van der Waals surface area contributed by atoms with Crippen molar-refractivity contribution in [1.29, 1.82) is 0 Å². The molecule has 0 aromatic rings. The predicted octanol–water partition coefficient (Wildman–Crippen LogP) is 6.23. The van der Waals surface area contributed by atoms with Gasteiger partial charge in [-0.1, -0.05) is 95.7 Å². The summed E-state index contributed by atoms with van der Waals surface area (Å²) in [5.41, 5.74) is 0.667. The lowest BCUT2D eigenvalue weighted by Crippen LogP contribution is -2.39. The highest BCUT2D eigenvalue weighted by molar-refractivity contribution is 5.79. The number of nitrogens with one attached hydrogen (secondary N) is 3. The standard InChI is InChI=1S/C34H63N5O4/c1-5-6-7-8-9-10-11-12-13-14-15-16-17-18-34(42)39-26-21-31(22-27-39)23-28-43-37-25-24-36-33(41)20-19-32(29(2)35-4)38-30(3)40/h25,31-32,35H,2,5-24,26-28H2,1,3-4H3,(H,36,41)(H,38,40)/b37-25+/t32-/m0/s1. The third-order valence-electron chi connectivity index (χ3n) is 8.40. The molecule has 0 aliphatic carbocycles. The molecular formula is C34H63N5O4. The third kappa shape index (κ3) is 20.9. The molecule has 0 bridgehead atoms. The summed E-state index contributed by atoms with van der Waals surface area (Å²) in [6, 6.07) is -0.292. The zero-order valence-corrected chi connectivity index (χ0v) is 27.7. The first kappa shape index (κ1) is 38.4. The quantitative estimate of drug-likeness (QED) is 0.0615. The van der Waals surface area contributed by atoms with E-state index in [-0.39, 0.29) is 30.8 Å². The van der Waals surface area contributed by atoms with Crippen LogP contribution in [0.2, 0.25) is 0 Å². The lowest BCUT2D eigenvalue weighted by molar-refractivity contribution is -0.132. The average molecular weight is 606 g/mol. The van der Waals surface area contributed by atoms with E-state index >= 15 is 0 Å². The van der Waals surface area contributed by atoms with Gasteiger partial charge in [-0.2, -0.15) is 0 Å². The van der Waals surface area contributed by atoms with Gasteiger partial charge >= 0.3 is 0 Å². The van der Waals surface area contributed by atoms with Gasteiger partial charge in [-0.25, -0.2) is 0 Å². The number of likely N-dealkylation sites (tertiary alicyclic amines) is 1. The van der Waals surface area contributed by atoms with E-state index in [0.29, 0.717) is 37.0 Å². The normalized spacial score (nSPS) is 14.4. The topological polar surface area (TPSA) is 112 Å². The van der Waals surface area contributed by atoms with Crippen LogP contribution in [0.3, 0.4) is 0 Å². The van der Waals surface area contributed by atoms with Crippen molar-refractivity contribution in [2.75, 3.05) is 33.3 Å². The molecule has 1 aliphatic rings. The van der Waals surface area contributed by atoms with Crippen LogP contribution in [0.25, 0.3) is 0 Å². The molecule has 1 saturated heterocycles. The number of unbranched alkanes of at least 4 members (excludes halogenated alkanes) is 12. The smallest absolute Gasteiger partial charge is 0.222 e. The Balaban J connectivity index is 1.99. The van der Waals surface area contributed by atoms with Crippen molar-refractivity contribution in [2.24, 2.45) is 11.1 Å². The molecule has 0 saturated carbocycles. The van der Waals surface area contributed by atoms with Crippen LogP contribution in [-0.4, -0.2) is 68.2 Å². The van der Waals surface area contributed by atoms with Crippen LogP contribution in [-0.2, 0) is 19.2 Å². The second kappa shape index (κ2) is 25.9. The number of nitrogens with zero attached hydrogens (tertiary/aromatic N) is 2.